The van der Waals surface area contributed by atoms with E-state index in [1.165, 1.54) is 48.4 Å². The smallest absolute Gasteiger partial charge is 0.329 e. The van der Waals surface area contributed by atoms with Gasteiger partial charge in [-0.05, 0) is 68.4 Å². The highest BCUT2D eigenvalue weighted by molar-refractivity contribution is 5.94. The van der Waals surface area contributed by atoms with E-state index in [9.17, 15) is 29.6 Å². The topological polar surface area (TPSA) is 139 Å². The van der Waals surface area contributed by atoms with Crippen molar-refractivity contribution in [3.63, 3.8) is 0 Å². The van der Waals surface area contributed by atoms with Gasteiger partial charge in [0.1, 0.15) is 6.04 Å². The zero-order valence-electron chi connectivity index (χ0n) is 18.9. The lowest BCUT2D eigenvalue weighted by Crippen LogP contribution is -2.56. The fourth-order valence-corrected chi connectivity index (χ4v) is 7.04. The van der Waals surface area contributed by atoms with Gasteiger partial charge in [0.25, 0.3) is 11.6 Å². The molecule has 1 aromatic rings. The highest BCUT2D eigenvalue weighted by Gasteiger charge is 2.57. The van der Waals surface area contributed by atoms with Crippen LogP contribution in [0.3, 0.4) is 0 Å². The van der Waals surface area contributed by atoms with Crippen LogP contribution in [0.4, 0.5) is 11.4 Å². The van der Waals surface area contributed by atoms with Crippen LogP contribution >= 0.6 is 0 Å². The van der Waals surface area contributed by atoms with Gasteiger partial charge in [0, 0.05) is 30.8 Å². The standard InChI is InChI=1S/C24H29N3O7/c28-19-8-20(22(30)34-13-21(29)25-17-1-3-18(4-2-17)27(32)33)26(12-19)23(31)24-9-14-5-15(10-24)7-16(6-14)11-24/h1-4,14-16,19-20,28H,5-13H2,(H,25,29)/t14?,15?,16?,19?,20-,24?/m0/s1. The molecular weight excluding hydrogens is 442 g/mol. The van der Waals surface area contributed by atoms with Gasteiger partial charge in [-0.15, -0.1) is 0 Å². The third kappa shape index (κ3) is 4.26. The first-order valence-corrected chi connectivity index (χ1v) is 11.9. The van der Waals surface area contributed by atoms with E-state index in [1.54, 1.807) is 0 Å². The molecule has 1 aliphatic heterocycles. The van der Waals surface area contributed by atoms with Crippen LogP contribution in [-0.2, 0) is 19.1 Å². The maximum absolute atomic E-state index is 13.7. The minimum absolute atomic E-state index is 0.0413. The van der Waals surface area contributed by atoms with Crippen molar-refractivity contribution in [1.82, 2.24) is 4.90 Å². The molecule has 5 aliphatic rings. The Balaban J connectivity index is 1.19. The lowest BCUT2D eigenvalue weighted by molar-refractivity contribution is -0.384. The van der Waals surface area contributed by atoms with Crippen molar-refractivity contribution in [2.75, 3.05) is 18.5 Å². The summed E-state index contributed by atoms with van der Waals surface area (Å²) in [5, 5.41) is 23.5. The van der Waals surface area contributed by atoms with Gasteiger partial charge in [0.2, 0.25) is 5.91 Å². The first kappa shape index (κ1) is 22.8. The zero-order chi connectivity index (χ0) is 24.0. The minimum atomic E-state index is -0.900. The molecule has 4 aliphatic carbocycles. The van der Waals surface area contributed by atoms with E-state index < -0.39 is 41.0 Å². The molecule has 1 heterocycles. The SMILES string of the molecule is O=C(COC(=O)[C@@H]1CC(O)CN1C(=O)C12CC3CC(CC(C3)C1)C2)Nc1ccc([N+](=O)[O-])cc1. The van der Waals surface area contributed by atoms with Gasteiger partial charge in [-0.3, -0.25) is 19.7 Å². The Morgan fingerprint density at radius 1 is 1.06 bits per heavy atom. The summed E-state index contributed by atoms with van der Waals surface area (Å²) in [4.78, 5) is 50.4. The van der Waals surface area contributed by atoms with Crippen molar-refractivity contribution in [1.29, 1.82) is 0 Å². The number of carbonyl (C=O) groups excluding carboxylic acids is 3. The number of nitro benzene ring substituents is 1. The van der Waals surface area contributed by atoms with Crippen molar-refractivity contribution in [2.24, 2.45) is 23.2 Å². The van der Waals surface area contributed by atoms with E-state index >= 15 is 0 Å². The molecule has 1 saturated heterocycles. The van der Waals surface area contributed by atoms with Crippen LogP contribution < -0.4 is 5.32 Å². The molecule has 5 fully saturated rings. The summed E-state index contributed by atoms with van der Waals surface area (Å²) in [7, 11) is 0. The number of amides is 2. The molecule has 0 aromatic heterocycles. The second kappa shape index (κ2) is 8.65. The number of hydrogen-bond donors (Lipinski definition) is 2. The van der Waals surface area contributed by atoms with Crippen LogP contribution in [0.15, 0.2) is 24.3 Å². The number of ether oxygens (including phenoxy) is 1. The fraction of sp³-hybridized carbons (Fsp3) is 0.625. The van der Waals surface area contributed by atoms with E-state index in [-0.39, 0.29) is 24.6 Å². The number of likely N-dealkylation sites (tertiary alicyclic amines) is 1. The lowest BCUT2D eigenvalue weighted by Gasteiger charge is -2.56. The molecule has 4 bridgehead atoms. The number of carbonyl (C=O) groups is 3. The summed E-state index contributed by atoms with van der Waals surface area (Å²) in [6.07, 6.45) is 5.49. The van der Waals surface area contributed by atoms with Gasteiger partial charge in [-0.2, -0.15) is 0 Å². The van der Waals surface area contributed by atoms with Crippen molar-refractivity contribution >= 4 is 29.2 Å². The van der Waals surface area contributed by atoms with Crippen LogP contribution in [0.25, 0.3) is 0 Å². The molecule has 4 saturated carbocycles. The molecular formula is C24H29N3O7. The molecule has 10 heteroatoms. The Hall–Kier alpha value is -3.01. The third-order valence-corrected chi connectivity index (χ3v) is 8.01. The van der Waals surface area contributed by atoms with Gasteiger partial charge in [0.05, 0.1) is 16.4 Å². The maximum atomic E-state index is 13.7. The quantitative estimate of drug-likeness (QED) is 0.368. The van der Waals surface area contributed by atoms with Crippen molar-refractivity contribution in [3.8, 4) is 0 Å². The predicted molar refractivity (Wildman–Crippen MR) is 119 cm³/mol. The monoisotopic (exact) mass is 471 g/mol. The molecule has 182 valence electrons. The van der Waals surface area contributed by atoms with E-state index in [0.29, 0.717) is 23.4 Å². The summed E-state index contributed by atoms with van der Waals surface area (Å²) < 4.78 is 5.21. The van der Waals surface area contributed by atoms with Crippen LogP contribution in [0, 0.1) is 33.3 Å². The van der Waals surface area contributed by atoms with E-state index in [2.05, 4.69) is 5.32 Å². The molecule has 1 aromatic carbocycles. The van der Waals surface area contributed by atoms with Crippen molar-refractivity contribution in [2.45, 2.75) is 57.1 Å². The number of rotatable bonds is 6. The van der Waals surface area contributed by atoms with Crippen LogP contribution in [-0.4, -0.2) is 58.0 Å². The van der Waals surface area contributed by atoms with Gasteiger partial charge in [-0.25, -0.2) is 4.79 Å². The van der Waals surface area contributed by atoms with Crippen molar-refractivity contribution < 1.29 is 29.2 Å². The Bertz CT molecular complexity index is 973. The molecule has 1 unspecified atom stereocenters. The number of nitrogens with one attached hydrogen (secondary N) is 1. The zero-order valence-corrected chi connectivity index (χ0v) is 18.9. The lowest BCUT2D eigenvalue weighted by atomic mass is 9.49. The summed E-state index contributed by atoms with van der Waals surface area (Å²) in [6, 6.07) is 4.39. The maximum Gasteiger partial charge on any atom is 0.329 e. The number of β-amino-alcohol motifs (C(OH)–C–C–N with tert-alkyl or cyclic N) is 1. The van der Waals surface area contributed by atoms with Crippen LogP contribution in [0.1, 0.15) is 44.9 Å². The second-order valence-corrected chi connectivity index (χ2v) is 10.5. The number of nitrogens with zero attached hydrogens (tertiary/aromatic N) is 2. The fourth-order valence-electron chi connectivity index (χ4n) is 7.04. The number of aliphatic hydroxyl groups is 1. The Morgan fingerprint density at radius 2 is 1.65 bits per heavy atom. The summed E-state index contributed by atoms with van der Waals surface area (Å²) >= 11 is 0. The van der Waals surface area contributed by atoms with Gasteiger partial charge in [0.15, 0.2) is 6.61 Å². The van der Waals surface area contributed by atoms with Crippen LogP contribution in [0.5, 0.6) is 0 Å². The predicted octanol–water partition coefficient (Wildman–Crippen LogP) is 2.25. The highest BCUT2D eigenvalue weighted by Crippen LogP contribution is 2.60. The average Bonchev–Trinajstić information content (AvgIpc) is 3.18. The van der Waals surface area contributed by atoms with Crippen LogP contribution in [0.2, 0.25) is 0 Å². The Labute approximate surface area is 196 Å². The minimum Gasteiger partial charge on any atom is -0.454 e. The number of aliphatic hydroxyl groups excluding tert-OH is 1. The number of esters is 1. The van der Waals surface area contributed by atoms with Gasteiger partial charge in [-0.1, -0.05) is 0 Å². The molecule has 2 atom stereocenters. The summed E-state index contributed by atoms with van der Waals surface area (Å²) in [5.74, 6) is 0.400. The number of non-ortho nitro benzene ring substituents is 1. The largest absolute Gasteiger partial charge is 0.454 e. The molecule has 0 spiro atoms. The van der Waals surface area contributed by atoms with Gasteiger partial charge >= 0.3 is 5.97 Å². The Kier molecular flexibility index (Phi) is 5.79. The highest BCUT2D eigenvalue weighted by atomic mass is 16.6. The number of benzene rings is 1. The number of anilines is 1. The third-order valence-electron chi connectivity index (χ3n) is 8.01. The summed E-state index contributed by atoms with van der Waals surface area (Å²) in [5.41, 5.74) is -0.195. The summed E-state index contributed by atoms with van der Waals surface area (Å²) in [6.45, 7) is -0.447. The second-order valence-electron chi connectivity index (χ2n) is 10.5. The molecule has 2 amide bonds. The number of nitro groups is 1. The van der Waals surface area contributed by atoms with E-state index in [1.807, 2.05) is 0 Å². The van der Waals surface area contributed by atoms with E-state index in [0.717, 1.165) is 19.3 Å². The first-order chi connectivity index (χ1) is 16.2. The normalized spacial score (nSPS) is 33.6. The van der Waals surface area contributed by atoms with Crippen molar-refractivity contribution in [3.05, 3.63) is 34.4 Å². The Morgan fingerprint density at radius 3 is 2.21 bits per heavy atom. The van der Waals surface area contributed by atoms with E-state index in [4.69, 9.17) is 4.74 Å². The molecule has 34 heavy (non-hydrogen) atoms. The molecule has 0 radical (unpaired) electrons. The molecule has 6 rings (SSSR count). The first-order valence-electron chi connectivity index (χ1n) is 11.9. The van der Waals surface area contributed by atoms with Gasteiger partial charge < -0.3 is 20.1 Å². The molecule has 10 nitrogen and oxygen atoms in total. The molecule has 2 N–H and O–H groups in total. The number of hydrogen-bond acceptors (Lipinski definition) is 7. The average molecular weight is 472 g/mol.